The van der Waals surface area contributed by atoms with Crippen molar-refractivity contribution in [3.8, 4) is 6.19 Å². The third-order valence-corrected chi connectivity index (χ3v) is 5.89. The zero-order valence-corrected chi connectivity index (χ0v) is 13.0. The molecule has 1 aliphatic heterocycles. The van der Waals surface area contributed by atoms with Gasteiger partial charge in [0.15, 0.2) is 6.19 Å². The highest BCUT2D eigenvalue weighted by Crippen LogP contribution is 2.44. The van der Waals surface area contributed by atoms with Crippen molar-refractivity contribution in [3.05, 3.63) is 35.5 Å². The lowest BCUT2D eigenvalue weighted by Crippen LogP contribution is -2.48. The second-order valence-electron chi connectivity index (χ2n) is 6.27. The van der Waals surface area contributed by atoms with Crippen molar-refractivity contribution in [1.29, 1.82) is 5.26 Å². The number of likely N-dealkylation sites (tertiary alicyclic amines) is 1. The number of rotatable bonds is 2. The molecular weight excluding hydrogens is 278 g/mol. The maximum absolute atomic E-state index is 9.57. The fraction of sp³-hybridized carbons (Fsp3) is 0.471. The first-order chi connectivity index (χ1) is 10.3. The van der Waals surface area contributed by atoms with Crippen LogP contribution in [0.2, 0.25) is 0 Å². The topological polar surface area (TPSA) is 42.8 Å². The lowest BCUT2D eigenvalue weighted by molar-refractivity contribution is 0.151. The van der Waals surface area contributed by atoms with Crippen molar-refractivity contribution in [2.45, 2.75) is 24.8 Å². The second kappa shape index (κ2) is 4.99. The Kier molecular flexibility index (Phi) is 3.11. The van der Waals surface area contributed by atoms with E-state index in [2.05, 4.69) is 41.8 Å². The third-order valence-electron chi connectivity index (χ3n) is 5.09. The lowest BCUT2D eigenvalue weighted by Gasteiger charge is -2.44. The van der Waals surface area contributed by atoms with Crippen molar-refractivity contribution >= 4 is 22.7 Å². The van der Waals surface area contributed by atoms with E-state index in [0.29, 0.717) is 17.9 Å². The van der Waals surface area contributed by atoms with Crippen molar-refractivity contribution < 1.29 is 0 Å². The summed E-state index contributed by atoms with van der Waals surface area (Å²) in [6, 6.07) is 6.93. The molecule has 4 heteroatoms. The number of nitrogens with one attached hydrogen (secondary N) is 1. The Morgan fingerprint density at radius 2 is 2.38 bits per heavy atom. The largest absolute Gasteiger partial charge is 0.361 e. The van der Waals surface area contributed by atoms with E-state index in [9.17, 15) is 5.26 Å². The number of hydrogen-bond donors (Lipinski definition) is 1. The first-order valence-corrected chi connectivity index (χ1v) is 8.95. The predicted octanol–water partition coefficient (Wildman–Crippen LogP) is 3.34. The molecule has 2 aliphatic rings. The molecule has 0 spiro atoms. The molecule has 2 heterocycles. The molecule has 1 aromatic heterocycles. The van der Waals surface area contributed by atoms with Crippen LogP contribution in [0.1, 0.15) is 23.5 Å². The summed E-state index contributed by atoms with van der Waals surface area (Å²) in [5.41, 5.74) is 4.08. The predicted molar refractivity (Wildman–Crippen MR) is 87.3 cm³/mol. The van der Waals surface area contributed by atoms with Gasteiger partial charge in [-0.25, -0.2) is 0 Å². The molecule has 3 atom stereocenters. The average molecular weight is 297 g/mol. The van der Waals surface area contributed by atoms with Gasteiger partial charge >= 0.3 is 0 Å². The Hall–Kier alpha value is -1.60. The zero-order valence-electron chi connectivity index (χ0n) is 12.2. The maximum Gasteiger partial charge on any atom is 0.179 e. The summed E-state index contributed by atoms with van der Waals surface area (Å²) >= 11 is 1.90. The number of hydrogen-bond acceptors (Lipinski definition) is 3. The highest BCUT2D eigenvalue weighted by molar-refractivity contribution is 7.98. The Labute approximate surface area is 129 Å². The lowest BCUT2D eigenvalue weighted by atomic mass is 9.73. The van der Waals surface area contributed by atoms with E-state index in [1.165, 1.54) is 28.5 Å². The van der Waals surface area contributed by atoms with Crippen LogP contribution in [0.3, 0.4) is 0 Å². The Bertz CT molecular complexity index is 714. The van der Waals surface area contributed by atoms with Crippen molar-refractivity contribution in [2.75, 3.05) is 18.6 Å². The first kappa shape index (κ1) is 13.1. The minimum Gasteiger partial charge on any atom is -0.361 e. The van der Waals surface area contributed by atoms with E-state index in [1.54, 1.807) is 0 Å². The number of nitrogens with zero attached hydrogens (tertiary/aromatic N) is 2. The number of aromatic amines is 1. The van der Waals surface area contributed by atoms with Crippen molar-refractivity contribution in [3.63, 3.8) is 0 Å². The SMILES string of the molecule is CSCC1CC2c3cccc4[nH]cc(c34)CC2N(C#N)C1. The van der Waals surface area contributed by atoms with Crippen molar-refractivity contribution in [1.82, 2.24) is 9.88 Å². The molecule has 0 saturated carbocycles. The van der Waals surface area contributed by atoms with E-state index in [4.69, 9.17) is 0 Å². The summed E-state index contributed by atoms with van der Waals surface area (Å²) in [7, 11) is 0. The zero-order chi connectivity index (χ0) is 14.4. The van der Waals surface area contributed by atoms with Crippen LogP contribution in [0.5, 0.6) is 0 Å². The molecule has 0 bridgehead atoms. The monoisotopic (exact) mass is 297 g/mol. The van der Waals surface area contributed by atoms with Gasteiger partial charge in [-0.15, -0.1) is 0 Å². The number of thioether (sulfide) groups is 1. The van der Waals surface area contributed by atoms with E-state index >= 15 is 0 Å². The smallest absolute Gasteiger partial charge is 0.179 e. The Morgan fingerprint density at radius 3 is 3.19 bits per heavy atom. The van der Waals surface area contributed by atoms with Crippen LogP contribution in [-0.4, -0.2) is 34.5 Å². The first-order valence-electron chi connectivity index (χ1n) is 7.56. The number of fused-ring (bicyclic) bond motifs is 2. The molecular formula is C17H19N3S. The highest BCUT2D eigenvalue weighted by atomic mass is 32.2. The number of H-pyrrole nitrogens is 1. The van der Waals surface area contributed by atoms with Gasteiger partial charge in [0.2, 0.25) is 0 Å². The van der Waals surface area contributed by atoms with E-state index in [0.717, 1.165) is 18.7 Å². The van der Waals surface area contributed by atoms with Crippen LogP contribution in [0, 0.1) is 17.4 Å². The normalized spacial score (nSPS) is 27.4. The fourth-order valence-corrected chi connectivity index (χ4v) is 4.97. The third kappa shape index (κ3) is 1.95. The van der Waals surface area contributed by atoms with Crippen molar-refractivity contribution in [2.24, 2.45) is 5.92 Å². The molecule has 1 aromatic carbocycles. The summed E-state index contributed by atoms with van der Waals surface area (Å²) in [5, 5.41) is 11.0. The molecule has 1 fully saturated rings. The van der Waals surface area contributed by atoms with Gasteiger partial charge in [0, 0.05) is 29.6 Å². The van der Waals surface area contributed by atoms with Gasteiger partial charge in [-0.2, -0.15) is 17.0 Å². The van der Waals surface area contributed by atoms with Crippen LogP contribution in [-0.2, 0) is 6.42 Å². The molecule has 0 amide bonds. The summed E-state index contributed by atoms with van der Waals surface area (Å²) in [6.45, 7) is 0.925. The summed E-state index contributed by atoms with van der Waals surface area (Å²) in [5.74, 6) is 2.27. The average Bonchev–Trinajstić information content (AvgIpc) is 2.92. The fourth-order valence-electron chi connectivity index (χ4n) is 4.26. The van der Waals surface area contributed by atoms with E-state index in [-0.39, 0.29) is 0 Å². The molecule has 3 unspecified atom stereocenters. The summed E-state index contributed by atoms with van der Waals surface area (Å²) < 4.78 is 0. The summed E-state index contributed by atoms with van der Waals surface area (Å²) in [4.78, 5) is 5.44. The molecule has 21 heavy (non-hydrogen) atoms. The van der Waals surface area contributed by atoms with Gasteiger partial charge in [-0.1, -0.05) is 12.1 Å². The minimum absolute atomic E-state index is 0.349. The molecule has 3 nitrogen and oxygen atoms in total. The van der Waals surface area contributed by atoms with Gasteiger partial charge in [0.25, 0.3) is 0 Å². The summed E-state index contributed by atoms with van der Waals surface area (Å²) in [6.07, 6.45) is 8.97. The van der Waals surface area contributed by atoms with Crippen LogP contribution in [0.15, 0.2) is 24.4 Å². The van der Waals surface area contributed by atoms with Gasteiger partial charge in [-0.3, -0.25) is 0 Å². The molecule has 2 aromatic rings. The quantitative estimate of drug-likeness (QED) is 0.865. The van der Waals surface area contributed by atoms with Crippen LogP contribution >= 0.6 is 11.8 Å². The van der Waals surface area contributed by atoms with Gasteiger partial charge in [0.1, 0.15) is 0 Å². The number of piperidine rings is 1. The van der Waals surface area contributed by atoms with Crippen LogP contribution in [0.4, 0.5) is 0 Å². The molecule has 0 radical (unpaired) electrons. The standard InChI is InChI=1S/C17H19N3S/c1-21-9-11-5-14-13-3-2-4-15-17(13)12(7-19-15)6-16(14)20(8-11)10-18/h2-4,7,11,14,16,19H,5-6,8-9H2,1H3. The molecule has 4 rings (SSSR count). The maximum atomic E-state index is 9.57. The second-order valence-corrected chi connectivity index (χ2v) is 7.18. The van der Waals surface area contributed by atoms with Crippen LogP contribution in [0.25, 0.3) is 10.9 Å². The molecule has 1 aliphatic carbocycles. The molecule has 1 N–H and O–H groups in total. The Balaban J connectivity index is 1.80. The van der Waals surface area contributed by atoms with Crippen LogP contribution < -0.4 is 0 Å². The minimum atomic E-state index is 0.349. The molecule has 108 valence electrons. The Morgan fingerprint density at radius 1 is 1.48 bits per heavy atom. The highest BCUT2D eigenvalue weighted by Gasteiger charge is 2.40. The molecule has 1 saturated heterocycles. The van der Waals surface area contributed by atoms with E-state index < -0.39 is 0 Å². The van der Waals surface area contributed by atoms with E-state index in [1.807, 2.05) is 16.7 Å². The number of aromatic nitrogens is 1. The number of benzene rings is 1. The van der Waals surface area contributed by atoms with Gasteiger partial charge in [0.05, 0.1) is 6.04 Å². The van der Waals surface area contributed by atoms with Gasteiger partial charge < -0.3 is 9.88 Å². The number of nitriles is 1. The van der Waals surface area contributed by atoms with Gasteiger partial charge in [-0.05, 0) is 48.0 Å².